The summed E-state index contributed by atoms with van der Waals surface area (Å²) in [6.07, 6.45) is 2.33. The molecule has 2 aliphatic rings. The van der Waals surface area contributed by atoms with Crippen LogP contribution in [0.4, 0.5) is 4.79 Å². The van der Waals surface area contributed by atoms with Gasteiger partial charge in [0.1, 0.15) is 11.6 Å². The molecule has 0 saturated carbocycles. The van der Waals surface area contributed by atoms with Crippen molar-refractivity contribution in [2.75, 3.05) is 6.54 Å². The Morgan fingerprint density at radius 3 is 2.44 bits per heavy atom. The lowest BCUT2D eigenvalue weighted by atomic mass is 10.2. The molecule has 0 aliphatic carbocycles. The van der Waals surface area contributed by atoms with E-state index in [0.717, 1.165) is 0 Å². The smallest absolute Gasteiger partial charge is 0.328 e. The Labute approximate surface area is 102 Å². The highest BCUT2D eigenvalue weighted by atomic mass is 16.4. The summed E-state index contributed by atoms with van der Waals surface area (Å²) in [5, 5.41) is 12.8. The molecule has 8 heteroatoms. The molecule has 1 atom stereocenters. The summed E-state index contributed by atoms with van der Waals surface area (Å²) in [5.74, 6) is -2.64. The van der Waals surface area contributed by atoms with Crippen molar-refractivity contribution < 1.29 is 24.3 Å². The van der Waals surface area contributed by atoms with Gasteiger partial charge in [0, 0.05) is 12.7 Å². The Morgan fingerprint density at radius 1 is 1.28 bits per heavy atom. The van der Waals surface area contributed by atoms with Gasteiger partial charge < -0.3 is 10.0 Å². The van der Waals surface area contributed by atoms with Crippen molar-refractivity contribution in [3.63, 3.8) is 0 Å². The van der Waals surface area contributed by atoms with E-state index in [1.54, 1.807) is 0 Å². The second kappa shape index (κ2) is 4.47. The molecular weight excluding hydrogens is 242 g/mol. The number of carbonyl (C=O) groups is 4. The molecule has 96 valence electrons. The highest BCUT2D eigenvalue weighted by Gasteiger charge is 2.33. The van der Waals surface area contributed by atoms with Gasteiger partial charge in [-0.05, 0) is 12.8 Å². The molecule has 2 aliphatic heterocycles. The van der Waals surface area contributed by atoms with Crippen LogP contribution in [0.5, 0.6) is 0 Å². The Balaban J connectivity index is 2.21. The van der Waals surface area contributed by atoms with Crippen LogP contribution in [-0.4, -0.2) is 46.4 Å². The van der Waals surface area contributed by atoms with Crippen LogP contribution in [0.15, 0.2) is 11.8 Å². The first-order valence-corrected chi connectivity index (χ1v) is 5.36. The second-order valence-corrected chi connectivity index (χ2v) is 4.01. The second-order valence-electron chi connectivity index (χ2n) is 4.01. The third-order valence-corrected chi connectivity index (χ3v) is 2.82. The number of likely N-dealkylation sites (tertiary alicyclic amines) is 1. The number of barbiturate groups is 1. The van der Waals surface area contributed by atoms with E-state index in [1.807, 2.05) is 10.6 Å². The lowest BCUT2D eigenvalue weighted by molar-refractivity contribution is -0.141. The third kappa shape index (κ3) is 2.17. The van der Waals surface area contributed by atoms with Gasteiger partial charge >= 0.3 is 12.0 Å². The first-order chi connectivity index (χ1) is 8.49. The van der Waals surface area contributed by atoms with Crippen molar-refractivity contribution >= 4 is 23.8 Å². The maximum absolute atomic E-state index is 11.4. The molecule has 18 heavy (non-hydrogen) atoms. The Morgan fingerprint density at radius 2 is 1.89 bits per heavy atom. The number of hydrogen-bond acceptors (Lipinski definition) is 5. The molecule has 4 amide bonds. The van der Waals surface area contributed by atoms with Crippen LogP contribution in [0.3, 0.4) is 0 Å². The minimum Gasteiger partial charge on any atom is -0.480 e. The average Bonchev–Trinajstić information content (AvgIpc) is 2.71. The first kappa shape index (κ1) is 12.1. The minimum absolute atomic E-state index is 0.261. The maximum Gasteiger partial charge on any atom is 0.328 e. The highest BCUT2D eigenvalue weighted by molar-refractivity contribution is 6.28. The summed E-state index contributed by atoms with van der Waals surface area (Å²) in [4.78, 5) is 46.1. The van der Waals surface area contributed by atoms with Crippen LogP contribution in [0, 0.1) is 0 Å². The molecule has 2 saturated heterocycles. The predicted molar refractivity (Wildman–Crippen MR) is 57.1 cm³/mol. The van der Waals surface area contributed by atoms with Crippen molar-refractivity contribution in [3.8, 4) is 0 Å². The van der Waals surface area contributed by atoms with Crippen LogP contribution < -0.4 is 10.6 Å². The number of amides is 4. The quantitative estimate of drug-likeness (QED) is 0.420. The van der Waals surface area contributed by atoms with Gasteiger partial charge in [-0.15, -0.1) is 0 Å². The molecule has 0 bridgehead atoms. The SMILES string of the molecule is O=C1NC(=O)C(=CN2CCC[C@@H]2C(=O)O)C(=O)N1. The summed E-state index contributed by atoms with van der Waals surface area (Å²) in [6, 6.07) is -1.62. The topological polar surface area (TPSA) is 116 Å². The van der Waals surface area contributed by atoms with Crippen molar-refractivity contribution in [1.29, 1.82) is 0 Å². The molecule has 0 aromatic rings. The molecule has 0 unspecified atom stereocenters. The third-order valence-electron chi connectivity index (χ3n) is 2.82. The molecule has 0 aromatic heterocycles. The normalized spacial score (nSPS) is 23.8. The predicted octanol–water partition coefficient (Wildman–Crippen LogP) is -1.21. The highest BCUT2D eigenvalue weighted by Crippen LogP contribution is 2.19. The number of carboxylic acids is 1. The van der Waals surface area contributed by atoms with E-state index in [4.69, 9.17) is 5.11 Å². The van der Waals surface area contributed by atoms with E-state index in [0.29, 0.717) is 19.4 Å². The van der Waals surface area contributed by atoms with Crippen molar-refractivity contribution in [3.05, 3.63) is 11.8 Å². The number of nitrogens with zero attached hydrogens (tertiary/aromatic N) is 1. The van der Waals surface area contributed by atoms with Gasteiger partial charge in [-0.1, -0.05) is 0 Å². The fourth-order valence-electron chi connectivity index (χ4n) is 1.97. The first-order valence-electron chi connectivity index (χ1n) is 5.36. The molecule has 0 radical (unpaired) electrons. The monoisotopic (exact) mass is 253 g/mol. The van der Waals surface area contributed by atoms with Crippen molar-refractivity contribution in [2.24, 2.45) is 0 Å². The fraction of sp³-hybridized carbons (Fsp3) is 0.400. The maximum atomic E-state index is 11.4. The number of aliphatic carboxylic acids is 1. The van der Waals surface area contributed by atoms with Crippen LogP contribution >= 0.6 is 0 Å². The summed E-state index contributed by atoms with van der Waals surface area (Å²) >= 11 is 0. The van der Waals surface area contributed by atoms with E-state index in [2.05, 4.69) is 0 Å². The standard InChI is InChI=1S/C10H11N3O5/c14-7-5(8(15)12-10(18)11-7)4-13-3-1-2-6(13)9(16)17/h4,6H,1-3H2,(H,16,17)(H2,11,12,14,15,18)/t6-/m1/s1. The van der Waals surface area contributed by atoms with Gasteiger partial charge in [0.25, 0.3) is 11.8 Å². The van der Waals surface area contributed by atoms with Gasteiger partial charge in [-0.2, -0.15) is 0 Å². The molecule has 2 heterocycles. The lowest BCUT2D eigenvalue weighted by Crippen LogP contribution is -2.52. The van der Waals surface area contributed by atoms with E-state index in [1.165, 1.54) is 11.1 Å². The van der Waals surface area contributed by atoms with Gasteiger partial charge in [-0.25, -0.2) is 9.59 Å². The van der Waals surface area contributed by atoms with E-state index < -0.39 is 29.9 Å². The van der Waals surface area contributed by atoms with Crippen LogP contribution in [0.25, 0.3) is 0 Å². The summed E-state index contributed by atoms with van der Waals surface area (Å²) < 4.78 is 0. The molecule has 0 spiro atoms. The van der Waals surface area contributed by atoms with Gasteiger partial charge in [0.2, 0.25) is 0 Å². The number of nitrogens with one attached hydrogen (secondary N) is 2. The van der Waals surface area contributed by atoms with Crippen LogP contribution in [0.2, 0.25) is 0 Å². The minimum atomic E-state index is -1.00. The number of hydrogen-bond donors (Lipinski definition) is 3. The Bertz CT molecular complexity index is 448. The van der Waals surface area contributed by atoms with Gasteiger partial charge in [0.05, 0.1) is 0 Å². The molecule has 2 fully saturated rings. The lowest BCUT2D eigenvalue weighted by Gasteiger charge is -2.21. The van der Waals surface area contributed by atoms with Gasteiger partial charge in [-0.3, -0.25) is 20.2 Å². The van der Waals surface area contributed by atoms with Crippen LogP contribution in [0.1, 0.15) is 12.8 Å². The van der Waals surface area contributed by atoms with E-state index >= 15 is 0 Å². The zero-order valence-corrected chi connectivity index (χ0v) is 9.30. The molecular formula is C10H11N3O5. The number of rotatable bonds is 2. The summed E-state index contributed by atoms with van der Waals surface area (Å²) in [7, 11) is 0. The van der Waals surface area contributed by atoms with Crippen molar-refractivity contribution in [2.45, 2.75) is 18.9 Å². The zero-order chi connectivity index (χ0) is 13.3. The molecule has 2 rings (SSSR count). The number of imide groups is 2. The Hall–Kier alpha value is -2.38. The molecule has 8 nitrogen and oxygen atoms in total. The summed E-state index contributed by atoms with van der Waals surface area (Å²) in [6.45, 7) is 0.453. The number of carboxylic acid groups (broad SMARTS) is 1. The van der Waals surface area contributed by atoms with E-state index in [9.17, 15) is 19.2 Å². The molecule has 0 aromatic carbocycles. The number of carbonyl (C=O) groups excluding carboxylic acids is 3. The Kier molecular flexibility index (Phi) is 3.00. The van der Waals surface area contributed by atoms with Crippen molar-refractivity contribution in [1.82, 2.24) is 15.5 Å². The van der Waals surface area contributed by atoms with Gasteiger partial charge in [0.15, 0.2) is 0 Å². The zero-order valence-electron chi connectivity index (χ0n) is 9.30. The van der Waals surface area contributed by atoms with E-state index in [-0.39, 0.29) is 5.57 Å². The number of urea groups is 1. The fourth-order valence-corrected chi connectivity index (χ4v) is 1.97. The van der Waals surface area contributed by atoms with Crippen LogP contribution in [-0.2, 0) is 14.4 Å². The molecule has 3 N–H and O–H groups in total. The summed E-state index contributed by atoms with van der Waals surface area (Å²) in [5.41, 5.74) is -0.261. The average molecular weight is 253 g/mol. The largest absolute Gasteiger partial charge is 0.480 e.